The lowest BCUT2D eigenvalue weighted by molar-refractivity contribution is -0.114. The molecule has 0 spiro atoms. The van der Waals surface area contributed by atoms with Gasteiger partial charge in [-0.1, -0.05) is 12.1 Å². The Balaban J connectivity index is 2.20. The molecule has 0 saturated carbocycles. The highest BCUT2D eigenvalue weighted by molar-refractivity contribution is 9.10. The Morgan fingerprint density at radius 3 is 2.90 bits per heavy atom. The number of anilines is 2. The van der Waals surface area contributed by atoms with E-state index in [1.807, 2.05) is 31.2 Å². The van der Waals surface area contributed by atoms with Gasteiger partial charge in [-0.25, -0.2) is 4.98 Å². The maximum absolute atomic E-state index is 11.5. The molecule has 3 N–H and O–H groups in total. The van der Waals surface area contributed by atoms with Crippen molar-refractivity contribution in [3.63, 3.8) is 0 Å². The van der Waals surface area contributed by atoms with E-state index in [4.69, 9.17) is 0 Å². The van der Waals surface area contributed by atoms with Gasteiger partial charge in [0.25, 0.3) is 5.56 Å². The smallest absolute Gasteiger partial charge is 0.267 e. The number of hydrogen-bond donors (Lipinski definition) is 3. The van der Waals surface area contributed by atoms with Crippen LogP contribution in [-0.2, 0) is 4.79 Å². The van der Waals surface area contributed by atoms with Crippen LogP contribution in [-0.4, -0.2) is 15.9 Å². The van der Waals surface area contributed by atoms with Crippen LogP contribution in [0.5, 0.6) is 0 Å². The minimum absolute atomic E-state index is 0.0793. The van der Waals surface area contributed by atoms with Gasteiger partial charge in [0.15, 0.2) is 0 Å². The lowest BCUT2D eigenvalue weighted by Crippen LogP contribution is -2.15. The van der Waals surface area contributed by atoms with Crippen LogP contribution in [0.15, 0.2) is 39.9 Å². The van der Waals surface area contributed by atoms with Crippen LogP contribution in [0.3, 0.4) is 0 Å². The Morgan fingerprint density at radius 1 is 1.43 bits per heavy atom. The quantitative estimate of drug-likeness (QED) is 0.790. The average Bonchev–Trinajstić information content (AvgIpc) is 2.43. The molecule has 21 heavy (non-hydrogen) atoms. The molecule has 2 aromatic rings. The molecule has 6 nitrogen and oxygen atoms in total. The summed E-state index contributed by atoms with van der Waals surface area (Å²) in [6.45, 7) is 3.41. The molecule has 1 unspecified atom stereocenters. The van der Waals surface area contributed by atoms with E-state index in [1.165, 1.54) is 13.3 Å². The lowest BCUT2D eigenvalue weighted by Gasteiger charge is -2.16. The molecule has 2 rings (SSSR count). The van der Waals surface area contributed by atoms with Crippen LogP contribution >= 0.6 is 15.9 Å². The summed E-state index contributed by atoms with van der Waals surface area (Å²) < 4.78 is 0.356. The molecule has 0 saturated heterocycles. The maximum atomic E-state index is 11.5. The first-order chi connectivity index (χ1) is 9.97. The van der Waals surface area contributed by atoms with Crippen LogP contribution in [0, 0.1) is 0 Å². The third-order valence-electron chi connectivity index (χ3n) is 2.86. The van der Waals surface area contributed by atoms with Gasteiger partial charge in [-0.05, 0) is 40.5 Å². The van der Waals surface area contributed by atoms with Gasteiger partial charge in [0.2, 0.25) is 5.91 Å². The van der Waals surface area contributed by atoms with Crippen LogP contribution in [0.4, 0.5) is 11.5 Å². The number of nitrogens with one attached hydrogen (secondary N) is 3. The van der Waals surface area contributed by atoms with Crippen LogP contribution in [0.2, 0.25) is 0 Å². The normalized spacial score (nSPS) is 11.8. The van der Waals surface area contributed by atoms with Gasteiger partial charge >= 0.3 is 0 Å². The van der Waals surface area contributed by atoms with Gasteiger partial charge in [0, 0.05) is 12.6 Å². The fourth-order valence-electron chi connectivity index (χ4n) is 1.86. The van der Waals surface area contributed by atoms with E-state index in [-0.39, 0.29) is 17.5 Å². The van der Waals surface area contributed by atoms with E-state index < -0.39 is 0 Å². The zero-order valence-electron chi connectivity index (χ0n) is 11.6. The number of rotatable bonds is 4. The Morgan fingerprint density at radius 2 is 2.19 bits per heavy atom. The summed E-state index contributed by atoms with van der Waals surface area (Å²) in [4.78, 5) is 29.2. The Kier molecular flexibility index (Phi) is 4.74. The molecular weight excluding hydrogens is 336 g/mol. The molecule has 110 valence electrons. The molecule has 0 fully saturated rings. The lowest BCUT2D eigenvalue weighted by atomic mass is 10.1. The first kappa shape index (κ1) is 15.2. The molecular formula is C14H15BrN4O2. The molecule has 1 aromatic heterocycles. The van der Waals surface area contributed by atoms with Gasteiger partial charge < -0.3 is 15.6 Å². The van der Waals surface area contributed by atoms with Crippen LogP contribution < -0.4 is 16.2 Å². The van der Waals surface area contributed by atoms with Crippen molar-refractivity contribution >= 4 is 33.3 Å². The Labute approximate surface area is 130 Å². The zero-order chi connectivity index (χ0) is 15.4. The van der Waals surface area contributed by atoms with Crippen LogP contribution in [0.1, 0.15) is 25.5 Å². The highest BCUT2D eigenvalue weighted by atomic mass is 79.9. The minimum atomic E-state index is -0.244. The number of amides is 1. The minimum Gasteiger partial charge on any atom is -0.362 e. The summed E-state index contributed by atoms with van der Waals surface area (Å²) in [5.41, 5.74) is 1.45. The summed E-state index contributed by atoms with van der Waals surface area (Å²) in [6, 6.07) is 7.41. The molecule has 0 aliphatic carbocycles. The number of halogens is 1. The highest BCUT2D eigenvalue weighted by Gasteiger charge is 2.11. The zero-order valence-corrected chi connectivity index (χ0v) is 13.2. The first-order valence-corrected chi connectivity index (χ1v) is 7.14. The average molecular weight is 351 g/mol. The Hall–Kier alpha value is -2.15. The second-order valence-electron chi connectivity index (χ2n) is 4.57. The van der Waals surface area contributed by atoms with Gasteiger partial charge in [-0.3, -0.25) is 9.59 Å². The fourth-order valence-corrected chi connectivity index (χ4v) is 2.19. The number of carbonyl (C=O) groups is 1. The fraction of sp³-hybridized carbons (Fsp3) is 0.214. The molecule has 0 aliphatic heterocycles. The van der Waals surface area contributed by atoms with E-state index in [9.17, 15) is 9.59 Å². The van der Waals surface area contributed by atoms with E-state index >= 15 is 0 Å². The van der Waals surface area contributed by atoms with Crippen molar-refractivity contribution in [3.05, 3.63) is 51.0 Å². The number of hydrogen-bond acceptors (Lipinski definition) is 4. The summed E-state index contributed by atoms with van der Waals surface area (Å²) in [5, 5.41) is 5.89. The van der Waals surface area contributed by atoms with Crippen molar-refractivity contribution < 1.29 is 4.79 Å². The molecule has 0 bridgehead atoms. The molecule has 7 heteroatoms. The predicted molar refractivity (Wildman–Crippen MR) is 85.3 cm³/mol. The standard InChI is InChI=1S/C14H15BrN4O2/c1-8(18-13-12(15)14(21)17-7-16-13)10-4-3-5-11(6-10)19-9(2)20/h3-8H,1-2H3,(H,19,20)(H2,16,17,18,21). The third-order valence-corrected chi connectivity index (χ3v) is 3.59. The van der Waals surface area contributed by atoms with Crippen molar-refractivity contribution in [2.24, 2.45) is 0 Å². The number of aromatic nitrogens is 2. The van der Waals surface area contributed by atoms with Crippen LogP contribution in [0.25, 0.3) is 0 Å². The monoisotopic (exact) mass is 350 g/mol. The van der Waals surface area contributed by atoms with E-state index in [0.717, 1.165) is 11.3 Å². The molecule has 1 aromatic carbocycles. The molecule has 1 heterocycles. The second-order valence-corrected chi connectivity index (χ2v) is 5.36. The van der Waals surface area contributed by atoms with Crippen molar-refractivity contribution in [2.75, 3.05) is 10.6 Å². The van der Waals surface area contributed by atoms with Gasteiger partial charge in [0.1, 0.15) is 10.3 Å². The van der Waals surface area contributed by atoms with Gasteiger partial charge in [-0.15, -0.1) is 0 Å². The second kappa shape index (κ2) is 6.53. The summed E-state index contributed by atoms with van der Waals surface area (Å²) >= 11 is 3.20. The summed E-state index contributed by atoms with van der Waals surface area (Å²) in [5.74, 6) is 0.350. The topological polar surface area (TPSA) is 86.9 Å². The molecule has 1 atom stereocenters. The third kappa shape index (κ3) is 3.91. The Bertz CT molecular complexity index is 714. The molecule has 0 radical (unpaired) electrons. The SMILES string of the molecule is CC(=O)Nc1cccc(C(C)Nc2nc[nH]c(=O)c2Br)c1. The summed E-state index contributed by atoms with van der Waals surface area (Å²) in [7, 11) is 0. The molecule has 0 aliphatic rings. The van der Waals surface area contributed by atoms with E-state index in [1.54, 1.807) is 0 Å². The molecule has 1 amide bonds. The number of benzene rings is 1. The number of carbonyl (C=O) groups excluding carboxylic acids is 1. The number of nitrogens with zero attached hydrogens (tertiary/aromatic N) is 1. The van der Waals surface area contributed by atoms with E-state index in [0.29, 0.717) is 10.3 Å². The summed E-state index contributed by atoms with van der Waals surface area (Å²) in [6.07, 6.45) is 1.34. The highest BCUT2D eigenvalue weighted by Crippen LogP contribution is 2.23. The van der Waals surface area contributed by atoms with Crippen molar-refractivity contribution in [3.8, 4) is 0 Å². The maximum Gasteiger partial charge on any atom is 0.267 e. The van der Waals surface area contributed by atoms with Gasteiger partial charge in [0.05, 0.1) is 12.4 Å². The number of aromatic amines is 1. The first-order valence-electron chi connectivity index (χ1n) is 6.34. The largest absolute Gasteiger partial charge is 0.362 e. The predicted octanol–water partition coefficient (Wildman–Crippen LogP) is 2.66. The number of H-pyrrole nitrogens is 1. The van der Waals surface area contributed by atoms with Crippen molar-refractivity contribution in [1.29, 1.82) is 0 Å². The van der Waals surface area contributed by atoms with Gasteiger partial charge in [-0.2, -0.15) is 0 Å². The van der Waals surface area contributed by atoms with E-state index in [2.05, 4.69) is 36.5 Å². The van der Waals surface area contributed by atoms with Crippen molar-refractivity contribution in [1.82, 2.24) is 9.97 Å². The van der Waals surface area contributed by atoms with Crippen molar-refractivity contribution in [2.45, 2.75) is 19.9 Å².